The van der Waals surface area contributed by atoms with Gasteiger partial charge < -0.3 is 25.4 Å². The number of alkyl carbamates (subject to hydrolysis) is 1. The van der Waals surface area contributed by atoms with Crippen molar-refractivity contribution >= 4 is 12.1 Å². The van der Waals surface area contributed by atoms with Crippen LogP contribution in [0.3, 0.4) is 0 Å². The Hall–Kier alpha value is -2.51. The lowest BCUT2D eigenvalue weighted by Crippen LogP contribution is -2.39. The molecule has 8 heteroatoms. The van der Waals surface area contributed by atoms with E-state index in [0.29, 0.717) is 45.2 Å². The van der Waals surface area contributed by atoms with Crippen LogP contribution in [0.5, 0.6) is 5.75 Å². The largest absolute Gasteiger partial charge is 0.491 e. The lowest BCUT2D eigenvalue weighted by atomic mass is 10.2. The number of benzene rings is 1. The van der Waals surface area contributed by atoms with Crippen molar-refractivity contribution in [3.05, 3.63) is 29.6 Å². The topological polar surface area (TPSA) is 84.0 Å². The fourth-order valence-corrected chi connectivity index (χ4v) is 2.23. The highest BCUT2D eigenvalue weighted by molar-refractivity contribution is 5.79. The first-order valence-corrected chi connectivity index (χ1v) is 9.65. The number of hydrogen-bond acceptors (Lipinski definition) is 4. The van der Waals surface area contributed by atoms with Gasteiger partial charge >= 0.3 is 6.09 Å². The first kappa shape index (κ1) is 23.5. The van der Waals surface area contributed by atoms with E-state index in [1.54, 1.807) is 12.1 Å². The Labute approximate surface area is 167 Å². The van der Waals surface area contributed by atoms with Crippen LogP contribution in [0.15, 0.2) is 23.2 Å². The Morgan fingerprint density at radius 1 is 1.14 bits per heavy atom. The molecule has 28 heavy (non-hydrogen) atoms. The lowest BCUT2D eigenvalue weighted by Gasteiger charge is -2.19. The van der Waals surface area contributed by atoms with Gasteiger partial charge in [-0.05, 0) is 58.7 Å². The van der Waals surface area contributed by atoms with E-state index in [9.17, 15) is 9.18 Å². The first-order valence-electron chi connectivity index (χ1n) is 9.65. The molecule has 1 aromatic rings. The van der Waals surface area contributed by atoms with Gasteiger partial charge in [-0.3, -0.25) is 0 Å². The molecule has 1 aromatic carbocycles. The summed E-state index contributed by atoms with van der Waals surface area (Å²) < 4.78 is 24.3. The predicted molar refractivity (Wildman–Crippen MR) is 109 cm³/mol. The summed E-state index contributed by atoms with van der Waals surface area (Å²) in [4.78, 5) is 16.0. The Kier molecular flexibility index (Phi) is 10.1. The van der Waals surface area contributed by atoms with Crippen LogP contribution in [0, 0.1) is 5.82 Å². The van der Waals surface area contributed by atoms with Crippen molar-refractivity contribution in [3.63, 3.8) is 0 Å². The molecule has 0 aliphatic rings. The summed E-state index contributed by atoms with van der Waals surface area (Å²) in [5.74, 6) is 0.493. The van der Waals surface area contributed by atoms with E-state index in [1.807, 2.05) is 34.6 Å². The number of carbonyl (C=O) groups excluding carboxylic acids is 1. The third kappa shape index (κ3) is 9.99. The van der Waals surface area contributed by atoms with E-state index in [4.69, 9.17) is 9.47 Å². The van der Waals surface area contributed by atoms with Crippen molar-refractivity contribution in [2.45, 2.75) is 53.2 Å². The number of aliphatic imine (C=N–C) groups is 1. The molecule has 0 aliphatic carbocycles. The van der Waals surface area contributed by atoms with Gasteiger partial charge in [0, 0.05) is 19.6 Å². The summed E-state index contributed by atoms with van der Waals surface area (Å²) in [6.45, 7) is 11.8. The number of carbonyl (C=O) groups is 1. The third-order valence-electron chi connectivity index (χ3n) is 3.37. The fraction of sp³-hybridized carbons (Fsp3) is 0.600. The van der Waals surface area contributed by atoms with Crippen molar-refractivity contribution < 1.29 is 18.7 Å². The SMILES string of the molecule is CCNC(=NCc1ccc(OCC)c(F)c1)NCCCNC(=O)OC(C)(C)C. The number of nitrogens with zero attached hydrogens (tertiary/aromatic N) is 1. The molecule has 1 amide bonds. The Bertz CT molecular complexity index is 645. The molecule has 0 fully saturated rings. The standard InChI is InChI=1S/C20H33FN4O3/c1-6-22-18(23-11-8-12-24-19(26)28-20(3,4)5)25-14-15-9-10-17(27-7-2)16(21)13-15/h9-10,13H,6-8,11-12,14H2,1-5H3,(H,24,26)(H2,22,23,25). The molecule has 0 bridgehead atoms. The van der Waals surface area contributed by atoms with Crippen molar-refractivity contribution in [3.8, 4) is 5.75 Å². The molecule has 3 N–H and O–H groups in total. The van der Waals surface area contributed by atoms with E-state index >= 15 is 0 Å². The maximum absolute atomic E-state index is 13.9. The van der Waals surface area contributed by atoms with E-state index < -0.39 is 11.7 Å². The predicted octanol–water partition coefficient (Wildman–Crippen LogP) is 3.19. The van der Waals surface area contributed by atoms with E-state index in [2.05, 4.69) is 20.9 Å². The van der Waals surface area contributed by atoms with Crippen molar-refractivity contribution in [2.24, 2.45) is 4.99 Å². The number of nitrogens with one attached hydrogen (secondary N) is 3. The lowest BCUT2D eigenvalue weighted by molar-refractivity contribution is 0.0527. The Morgan fingerprint density at radius 3 is 2.46 bits per heavy atom. The minimum atomic E-state index is -0.506. The van der Waals surface area contributed by atoms with Gasteiger partial charge in [0.15, 0.2) is 17.5 Å². The van der Waals surface area contributed by atoms with Crippen LogP contribution in [0.1, 0.15) is 46.6 Å². The zero-order valence-electron chi connectivity index (χ0n) is 17.5. The van der Waals surface area contributed by atoms with E-state index in [0.717, 1.165) is 5.56 Å². The van der Waals surface area contributed by atoms with Gasteiger partial charge in [-0.1, -0.05) is 6.07 Å². The summed E-state index contributed by atoms with van der Waals surface area (Å²) in [6, 6.07) is 4.85. The molecule has 0 saturated carbocycles. The van der Waals surface area contributed by atoms with E-state index in [-0.39, 0.29) is 11.6 Å². The fourth-order valence-electron chi connectivity index (χ4n) is 2.23. The molecule has 0 radical (unpaired) electrons. The Balaban J connectivity index is 2.43. The van der Waals surface area contributed by atoms with Crippen LogP contribution in [0.25, 0.3) is 0 Å². The summed E-state index contributed by atoms with van der Waals surface area (Å²) in [7, 11) is 0. The molecule has 0 aromatic heterocycles. The zero-order valence-corrected chi connectivity index (χ0v) is 17.5. The number of guanidine groups is 1. The molecule has 0 spiro atoms. The van der Waals surface area contributed by atoms with Gasteiger partial charge in [0.1, 0.15) is 5.60 Å². The highest BCUT2D eigenvalue weighted by Crippen LogP contribution is 2.18. The highest BCUT2D eigenvalue weighted by atomic mass is 19.1. The van der Waals surface area contributed by atoms with Gasteiger partial charge in [0.2, 0.25) is 0 Å². The molecular weight excluding hydrogens is 363 g/mol. The van der Waals surface area contributed by atoms with Crippen LogP contribution in [0.4, 0.5) is 9.18 Å². The van der Waals surface area contributed by atoms with Crippen LogP contribution >= 0.6 is 0 Å². The summed E-state index contributed by atoms with van der Waals surface area (Å²) in [6.07, 6.45) is 0.284. The average Bonchev–Trinajstić information content (AvgIpc) is 2.60. The quantitative estimate of drug-likeness (QED) is 0.339. The molecule has 1 rings (SSSR count). The number of hydrogen-bond donors (Lipinski definition) is 3. The molecular formula is C20H33FN4O3. The second-order valence-electron chi connectivity index (χ2n) is 7.10. The normalized spacial score (nSPS) is 11.7. The maximum atomic E-state index is 13.9. The smallest absolute Gasteiger partial charge is 0.407 e. The van der Waals surface area contributed by atoms with Gasteiger partial charge in [0.25, 0.3) is 0 Å². The first-order chi connectivity index (χ1) is 13.2. The van der Waals surface area contributed by atoms with Gasteiger partial charge in [-0.25, -0.2) is 14.2 Å². The molecule has 0 atom stereocenters. The number of ether oxygens (including phenoxy) is 2. The summed E-state index contributed by atoms with van der Waals surface area (Å²) in [5.41, 5.74) is 0.248. The van der Waals surface area contributed by atoms with Gasteiger partial charge in [-0.15, -0.1) is 0 Å². The second kappa shape index (κ2) is 12.0. The molecule has 0 aliphatic heterocycles. The summed E-state index contributed by atoms with van der Waals surface area (Å²) in [5, 5.41) is 9.04. The minimum absolute atomic E-state index is 0.248. The highest BCUT2D eigenvalue weighted by Gasteiger charge is 2.15. The molecule has 0 saturated heterocycles. The number of halogens is 1. The monoisotopic (exact) mass is 396 g/mol. The number of amides is 1. The average molecular weight is 397 g/mol. The van der Waals surface area contributed by atoms with Crippen LogP contribution < -0.4 is 20.7 Å². The maximum Gasteiger partial charge on any atom is 0.407 e. The molecule has 158 valence electrons. The number of rotatable bonds is 9. The summed E-state index contributed by atoms with van der Waals surface area (Å²) >= 11 is 0. The third-order valence-corrected chi connectivity index (χ3v) is 3.37. The van der Waals surface area contributed by atoms with Crippen LogP contribution in [0.2, 0.25) is 0 Å². The molecule has 0 unspecified atom stereocenters. The molecule has 7 nitrogen and oxygen atoms in total. The second-order valence-corrected chi connectivity index (χ2v) is 7.10. The van der Waals surface area contributed by atoms with Gasteiger partial charge in [0.05, 0.1) is 13.2 Å². The van der Waals surface area contributed by atoms with Crippen molar-refractivity contribution in [1.29, 1.82) is 0 Å². The zero-order chi connectivity index (χ0) is 21.0. The van der Waals surface area contributed by atoms with Crippen molar-refractivity contribution in [2.75, 3.05) is 26.2 Å². The van der Waals surface area contributed by atoms with Crippen LogP contribution in [-0.2, 0) is 11.3 Å². The minimum Gasteiger partial charge on any atom is -0.491 e. The van der Waals surface area contributed by atoms with Crippen molar-refractivity contribution in [1.82, 2.24) is 16.0 Å². The van der Waals surface area contributed by atoms with Crippen LogP contribution in [-0.4, -0.2) is 43.9 Å². The van der Waals surface area contributed by atoms with Gasteiger partial charge in [-0.2, -0.15) is 0 Å². The Morgan fingerprint density at radius 2 is 1.86 bits per heavy atom. The molecule has 0 heterocycles. The van der Waals surface area contributed by atoms with E-state index in [1.165, 1.54) is 6.07 Å².